The van der Waals surface area contributed by atoms with Gasteiger partial charge in [0.1, 0.15) is 18.1 Å². The summed E-state index contributed by atoms with van der Waals surface area (Å²) in [5.74, 6) is -5.11. The number of rotatable bonds is 16. The molecule has 9 N–H and O–H groups in total. The molecule has 0 saturated carbocycles. The summed E-state index contributed by atoms with van der Waals surface area (Å²) >= 11 is 3.95. The maximum Gasteiger partial charge on any atom is 0.326 e. The fourth-order valence-electron chi connectivity index (χ4n) is 3.10. The van der Waals surface area contributed by atoms with Gasteiger partial charge in [-0.3, -0.25) is 19.2 Å². The van der Waals surface area contributed by atoms with E-state index in [9.17, 15) is 34.2 Å². The Hall–Kier alpha value is -3.16. The number of aliphatic carboxylic acids is 2. The minimum absolute atomic E-state index is 0.0327. The number of thiol groups is 1. The predicted octanol–water partition coefficient (Wildman–Crippen LogP) is -1.37. The zero-order valence-electron chi connectivity index (χ0n) is 19.2. The van der Waals surface area contributed by atoms with Gasteiger partial charge in [0.25, 0.3) is 0 Å². The van der Waals surface area contributed by atoms with Gasteiger partial charge in [-0.1, -0.05) is 30.3 Å². The molecule has 0 radical (unpaired) electrons. The third-order valence-corrected chi connectivity index (χ3v) is 5.42. The van der Waals surface area contributed by atoms with Crippen LogP contribution in [0.25, 0.3) is 0 Å². The van der Waals surface area contributed by atoms with Gasteiger partial charge in [0.2, 0.25) is 17.7 Å². The second-order valence-electron chi connectivity index (χ2n) is 7.88. The topological polar surface area (TPSA) is 214 Å². The van der Waals surface area contributed by atoms with Gasteiger partial charge < -0.3 is 37.6 Å². The molecule has 35 heavy (non-hydrogen) atoms. The number of carbonyl (C=O) groups is 5. The predicted molar refractivity (Wildman–Crippen MR) is 131 cm³/mol. The van der Waals surface area contributed by atoms with E-state index in [1.54, 1.807) is 30.3 Å². The quantitative estimate of drug-likeness (QED) is 0.0969. The number of benzene rings is 1. The van der Waals surface area contributed by atoms with E-state index in [1.165, 1.54) is 0 Å². The van der Waals surface area contributed by atoms with Crippen molar-refractivity contribution in [1.82, 2.24) is 16.0 Å². The first kappa shape index (κ1) is 29.9. The largest absolute Gasteiger partial charge is 0.481 e. The molecule has 194 valence electrons. The highest BCUT2D eigenvalue weighted by molar-refractivity contribution is 7.80. The van der Waals surface area contributed by atoms with Crippen LogP contribution >= 0.6 is 12.6 Å². The summed E-state index contributed by atoms with van der Waals surface area (Å²) < 4.78 is 0. The highest BCUT2D eigenvalue weighted by atomic mass is 32.1. The van der Waals surface area contributed by atoms with Gasteiger partial charge in [0.05, 0.1) is 12.5 Å². The van der Waals surface area contributed by atoms with Crippen molar-refractivity contribution >= 4 is 42.3 Å². The van der Waals surface area contributed by atoms with Crippen LogP contribution in [0.15, 0.2) is 30.3 Å². The van der Waals surface area contributed by atoms with Crippen molar-refractivity contribution in [3.63, 3.8) is 0 Å². The fourth-order valence-corrected chi connectivity index (χ4v) is 3.27. The third kappa shape index (κ3) is 11.2. The Morgan fingerprint density at radius 2 is 1.43 bits per heavy atom. The maximum atomic E-state index is 12.9. The van der Waals surface area contributed by atoms with Crippen LogP contribution in [0.4, 0.5) is 0 Å². The number of unbranched alkanes of at least 4 members (excludes halogenated alkanes) is 1. The Morgan fingerprint density at radius 3 is 1.97 bits per heavy atom. The zero-order valence-corrected chi connectivity index (χ0v) is 20.1. The lowest BCUT2D eigenvalue weighted by molar-refractivity contribution is -0.143. The third-order valence-electron chi connectivity index (χ3n) is 5.02. The van der Waals surface area contributed by atoms with Gasteiger partial charge in [-0.25, -0.2) is 4.79 Å². The lowest BCUT2D eigenvalue weighted by Gasteiger charge is -2.24. The van der Waals surface area contributed by atoms with Crippen molar-refractivity contribution in [2.75, 3.05) is 12.3 Å². The molecule has 0 aliphatic carbocycles. The van der Waals surface area contributed by atoms with E-state index in [0.717, 1.165) is 0 Å². The minimum atomic E-state index is -1.58. The molecule has 0 heterocycles. The van der Waals surface area contributed by atoms with Crippen molar-refractivity contribution < 1.29 is 34.2 Å². The molecule has 4 atom stereocenters. The number of carboxylic acids is 2. The fraction of sp³-hybridized carbons (Fsp3) is 0.500. The molecule has 0 fully saturated rings. The molecule has 0 aliphatic heterocycles. The van der Waals surface area contributed by atoms with E-state index in [-0.39, 0.29) is 18.6 Å². The van der Waals surface area contributed by atoms with Gasteiger partial charge in [-0.05, 0) is 31.4 Å². The number of carboxylic acid groups (broad SMARTS) is 2. The summed E-state index contributed by atoms with van der Waals surface area (Å²) in [4.78, 5) is 60.9. The molecule has 13 heteroatoms. The van der Waals surface area contributed by atoms with Crippen molar-refractivity contribution in [3.05, 3.63) is 35.9 Å². The summed E-state index contributed by atoms with van der Waals surface area (Å²) in [5.41, 5.74) is 11.8. The van der Waals surface area contributed by atoms with Crippen molar-refractivity contribution in [1.29, 1.82) is 0 Å². The van der Waals surface area contributed by atoms with Gasteiger partial charge in [-0.15, -0.1) is 0 Å². The average Bonchev–Trinajstić information content (AvgIpc) is 2.82. The Kier molecular flexibility index (Phi) is 13.4. The second-order valence-corrected chi connectivity index (χ2v) is 8.25. The average molecular weight is 512 g/mol. The smallest absolute Gasteiger partial charge is 0.326 e. The van der Waals surface area contributed by atoms with Crippen molar-refractivity contribution in [2.45, 2.75) is 56.3 Å². The number of amides is 3. The molecule has 0 bridgehead atoms. The monoisotopic (exact) mass is 511 g/mol. The van der Waals surface area contributed by atoms with Crippen molar-refractivity contribution in [3.8, 4) is 0 Å². The zero-order chi connectivity index (χ0) is 26.4. The summed E-state index contributed by atoms with van der Waals surface area (Å²) in [7, 11) is 0. The molecule has 12 nitrogen and oxygen atoms in total. The van der Waals surface area contributed by atoms with Crippen molar-refractivity contribution in [2.24, 2.45) is 11.5 Å². The van der Waals surface area contributed by atoms with E-state index >= 15 is 0 Å². The van der Waals surface area contributed by atoms with E-state index in [2.05, 4.69) is 28.6 Å². The van der Waals surface area contributed by atoms with Gasteiger partial charge in [0, 0.05) is 12.2 Å². The van der Waals surface area contributed by atoms with Crippen LogP contribution in [0.5, 0.6) is 0 Å². The first-order valence-corrected chi connectivity index (χ1v) is 11.7. The van der Waals surface area contributed by atoms with E-state index in [1.807, 2.05) is 0 Å². The van der Waals surface area contributed by atoms with E-state index in [4.69, 9.17) is 11.5 Å². The first-order chi connectivity index (χ1) is 16.6. The summed E-state index contributed by atoms with van der Waals surface area (Å²) in [6, 6.07) is 3.52. The Balaban J connectivity index is 2.99. The molecule has 0 aliphatic rings. The van der Waals surface area contributed by atoms with Crippen LogP contribution in [-0.2, 0) is 30.4 Å². The lowest BCUT2D eigenvalue weighted by Crippen LogP contribution is -2.57. The standard InChI is InChI=1S/C22H33N5O7S/c23-9-5-4-8-15(25-19(30)14(24)12-35)20(31)26-16(11-18(28)29)21(32)27-17(22(33)34)10-13-6-2-1-3-7-13/h1-3,6-7,14-17,35H,4-5,8-12,23-24H2,(H,25,30)(H,26,31)(H,27,32)(H,28,29)(H,33,34). The van der Waals surface area contributed by atoms with Crippen LogP contribution in [-0.4, -0.2) is 76.3 Å². The molecule has 3 amide bonds. The van der Waals surface area contributed by atoms with Crippen LogP contribution < -0.4 is 27.4 Å². The van der Waals surface area contributed by atoms with Gasteiger partial charge in [-0.2, -0.15) is 12.6 Å². The molecule has 1 rings (SSSR count). The first-order valence-electron chi connectivity index (χ1n) is 11.0. The molecular weight excluding hydrogens is 478 g/mol. The minimum Gasteiger partial charge on any atom is -0.481 e. The highest BCUT2D eigenvalue weighted by Gasteiger charge is 2.31. The molecule has 0 spiro atoms. The number of hydrogen-bond acceptors (Lipinski definition) is 8. The van der Waals surface area contributed by atoms with Gasteiger partial charge >= 0.3 is 11.9 Å². The van der Waals surface area contributed by atoms with Gasteiger partial charge in [0.15, 0.2) is 0 Å². The maximum absolute atomic E-state index is 12.9. The Labute approximate surface area is 208 Å². The number of nitrogens with two attached hydrogens (primary N) is 2. The van der Waals surface area contributed by atoms with E-state index < -0.39 is 60.2 Å². The van der Waals surface area contributed by atoms with Crippen LogP contribution in [0.2, 0.25) is 0 Å². The van der Waals surface area contributed by atoms with Crippen LogP contribution in [0.3, 0.4) is 0 Å². The summed E-state index contributed by atoms with van der Waals surface area (Å²) in [6.45, 7) is 0.362. The Bertz CT molecular complexity index is 871. The normalized spacial score (nSPS) is 14.1. The number of hydrogen-bond donors (Lipinski definition) is 8. The molecular formula is C22H33N5O7S. The molecule has 1 aromatic carbocycles. The number of nitrogens with one attached hydrogen (secondary N) is 3. The SMILES string of the molecule is NCCCCC(NC(=O)C(N)CS)C(=O)NC(CC(=O)O)C(=O)NC(Cc1ccccc1)C(=O)O. The molecule has 1 aromatic rings. The molecule has 0 aromatic heterocycles. The molecule has 0 saturated heterocycles. The highest BCUT2D eigenvalue weighted by Crippen LogP contribution is 2.07. The Morgan fingerprint density at radius 1 is 0.857 bits per heavy atom. The van der Waals surface area contributed by atoms with E-state index in [0.29, 0.717) is 24.9 Å². The second kappa shape index (κ2) is 15.7. The lowest BCUT2D eigenvalue weighted by atomic mass is 10.0. The van der Waals surface area contributed by atoms with Crippen LogP contribution in [0.1, 0.15) is 31.2 Å². The number of carbonyl (C=O) groups excluding carboxylic acids is 3. The summed E-state index contributed by atoms with van der Waals surface area (Å²) in [5, 5.41) is 25.8. The molecule has 4 unspecified atom stereocenters. The van der Waals surface area contributed by atoms with Crippen LogP contribution in [0, 0.1) is 0 Å². The summed E-state index contributed by atoms with van der Waals surface area (Å²) in [6.07, 6.45) is 0.362.